The lowest BCUT2D eigenvalue weighted by Gasteiger charge is -2.39. The standard InChI is InChI=1S/C8H15NO7/c1-3(11)16-9-5-7(13)6(12)4(2-10)15-8(5)14/h4-10,12-14H,2H2,1H3/t4-,5-,6+,7-,8?/m1/s1. The number of hydroxylamine groups is 1. The Morgan fingerprint density at radius 2 is 2.00 bits per heavy atom. The molecule has 1 aliphatic heterocycles. The van der Waals surface area contributed by atoms with Gasteiger partial charge in [0.25, 0.3) is 0 Å². The summed E-state index contributed by atoms with van der Waals surface area (Å²) < 4.78 is 4.80. The van der Waals surface area contributed by atoms with Gasteiger partial charge in [0, 0.05) is 6.92 Å². The average Bonchev–Trinajstić information content (AvgIpc) is 2.22. The lowest BCUT2D eigenvalue weighted by molar-refractivity contribution is -0.267. The SMILES string of the molecule is CC(=O)ON[C@H]1C(O)O[C@H](CO)[C@H](O)[C@@H]1O. The van der Waals surface area contributed by atoms with Gasteiger partial charge in [-0.3, -0.25) is 4.79 Å². The number of carbonyl (C=O) groups is 1. The second-order valence-corrected chi connectivity index (χ2v) is 3.47. The van der Waals surface area contributed by atoms with E-state index in [-0.39, 0.29) is 0 Å². The topological polar surface area (TPSA) is 128 Å². The number of rotatable bonds is 3. The third kappa shape index (κ3) is 2.88. The van der Waals surface area contributed by atoms with Gasteiger partial charge in [-0.15, -0.1) is 5.48 Å². The molecule has 94 valence electrons. The van der Waals surface area contributed by atoms with Gasteiger partial charge in [0.15, 0.2) is 6.29 Å². The summed E-state index contributed by atoms with van der Waals surface area (Å²) in [7, 11) is 0. The van der Waals surface area contributed by atoms with E-state index in [1.54, 1.807) is 0 Å². The number of ether oxygens (including phenoxy) is 1. The molecule has 0 amide bonds. The first-order valence-corrected chi connectivity index (χ1v) is 4.70. The molecule has 1 heterocycles. The second kappa shape index (κ2) is 5.53. The average molecular weight is 237 g/mol. The van der Waals surface area contributed by atoms with Crippen molar-refractivity contribution in [3.8, 4) is 0 Å². The predicted molar refractivity (Wildman–Crippen MR) is 48.7 cm³/mol. The van der Waals surface area contributed by atoms with Crippen LogP contribution in [0.3, 0.4) is 0 Å². The maximum atomic E-state index is 10.5. The first-order valence-electron chi connectivity index (χ1n) is 4.70. The highest BCUT2D eigenvalue weighted by Gasteiger charge is 2.44. The van der Waals surface area contributed by atoms with Crippen LogP contribution in [-0.2, 0) is 14.4 Å². The summed E-state index contributed by atoms with van der Waals surface area (Å²) in [6, 6.07) is -1.18. The molecular weight excluding hydrogens is 222 g/mol. The van der Waals surface area contributed by atoms with Crippen LogP contribution in [0.15, 0.2) is 0 Å². The monoisotopic (exact) mass is 237 g/mol. The second-order valence-electron chi connectivity index (χ2n) is 3.47. The van der Waals surface area contributed by atoms with Crippen molar-refractivity contribution in [2.75, 3.05) is 6.61 Å². The molecule has 5 N–H and O–H groups in total. The zero-order valence-electron chi connectivity index (χ0n) is 8.61. The fraction of sp³-hybridized carbons (Fsp3) is 0.875. The van der Waals surface area contributed by atoms with Gasteiger partial charge in [-0.25, -0.2) is 0 Å². The maximum Gasteiger partial charge on any atom is 0.321 e. The molecule has 1 unspecified atom stereocenters. The molecule has 8 nitrogen and oxygen atoms in total. The molecule has 0 radical (unpaired) electrons. The Morgan fingerprint density at radius 1 is 1.38 bits per heavy atom. The van der Waals surface area contributed by atoms with Crippen LogP contribution in [0.4, 0.5) is 0 Å². The summed E-state index contributed by atoms with van der Waals surface area (Å²) in [5.74, 6) is -0.668. The maximum absolute atomic E-state index is 10.5. The molecular formula is C8H15NO7. The van der Waals surface area contributed by atoms with Crippen LogP contribution in [0, 0.1) is 0 Å². The molecule has 1 saturated heterocycles. The van der Waals surface area contributed by atoms with Gasteiger partial charge >= 0.3 is 5.97 Å². The largest absolute Gasteiger partial charge is 0.394 e. The lowest BCUT2D eigenvalue weighted by Crippen LogP contribution is -2.63. The molecule has 5 atom stereocenters. The molecule has 8 heteroatoms. The number of hydrogen-bond donors (Lipinski definition) is 5. The Hall–Kier alpha value is -0.770. The molecule has 0 aromatic rings. The van der Waals surface area contributed by atoms with Crippen LogP contribution in [0.2, 0.25) is 0 Å². The molecule has 0 saturated carbocycles. The highest BCUT2D eigenvalue weighted by molar-refractivity contribution is 5.65. The normalized spacial score (nSPS) is 39.4. The molecule has 0 bridgehead atoms. The minimum atomic E-state index is -1.50. The fourth-order valence-corrected chi connectivity index (χ4v) is 1.38. The molecule has 0 aromatic heterocycles. The van der Waals surface area contributed by atoms with Crippen molar-refractivity contribution in [2.45, 2.75) is 37.6 Å². The van der Waals surface area contributed by atoms with E-state index in [9.17, 15) is 20.1 Å². The van der Waals surface area contributed by atoms with Gasteiger partial charge < -0.3 is 30.0 Å². The Morgan fingerprint density at radius 3 is 2.50 bits per heavy atom. The van der Waals surface area contributed by atoms with Gasteiger partial charge in [0.2, 0.25) is 0 Å². The molecule has 0 aliphatic carbocycles. The molecule has 0 aromatic carbocycles. The molecule has 1 rings (SSSR count). The third-order valence-corrected chi connectivity index (χ3v) is 2.24. The number of nitrogens with one attached hydrogen (secondary N) is 1. The fourth-order valence-electron chi connectivity index (χ4n) is 1.38. The van der Waals surface area contributed by atoms with Crippen LogP contribution in [-0.4, -0.2) is 63.6 Å². The number of aliphatic hydroxyl groups excluding tert-OH is 4. The minimum absolute atomic E-state index is 0.546. The first kappa shape index (κ1) is 13.3. The van der Waals surface area contributed by atoms with E-state index in [1.807, 2.05) is 0 Å². The van der Waals surface area contributed by atoms with Crippen molar-refractivity contribution < 1.29 is 34.8 Å². The highest BCUT2D eigenvalue weighted by atomic mass is 16.7. The van der Waals surface area contributed by atoms with E-state index in [0.29, 0.717) is 0 Å². The summed E-state index contributed by atoms with van der Waals surface area (Å²) in [6.45, 7) is 0.581. The predicted octanol–water partition coefficient (Wildman–Crippen LogP) is -3.15. The van der Waals surface area contributed by atoms with Crippen LogP contribution >= 0.6 is 0 Å². The van der Waals surface area contributed by atoms with Gasteiger partial charge in [0.05, 0.1) is 6.61 Å². The number of aliphatic hydroxyl groups is 4. The molecule has 16 heavy (non-hydrogen) atoms. The van der Waals surface area contributed by atoms with Crippen molar-refractivity contribution in [1.29, 1.82) is 0 Å². The van der Waals surface area contributed by atoms with Gasteiger partial charge in [-0.05, 0) is 0 Å². The molecule has 0 spiro atoms. The molecule has 1 fully saturated rings. The number of hydrogen-bond acceptors (Lipinski definition) is 8. The van der Waals surface area contributed by atoms with Gasteiger partial charge in [-0.1, -0.05) is 0 Å². The summed E-state index contributed by atoms with van der Waals surface area (Å²) in [4.78, 5) is 14.9. The third-order valence-electron chi connectivity index (χ3n) is 2.24. The first-order chi connectivity index (χ1) is 7.47. The van der Waals surface area contributed by atoms with E-state index in [1.165, 1.54) is 0 Å². The number of carbonyl (C=O) groups excluding carboxylic acids is 1. The zero-order valence-corrected chi connectivity index (χ0v) is 8.61. The van der Waals surface area contributed by atoms with Crippen LogP contribution in [0.5, 0.6) is 0 Å². The van der Waals surface area contributed by atoms with Crippen molar-refractivity contribution >= 4 is 5.97 Å². The van der Waals surface area contributed by atoms with Crippen molar-refractivity contribution in [2.24, 2.45) is 0 Å². The van der Waals surface area contributed by atoms with E-state index in [4.69, 9.17) is 9.84 Å². The summed E-state index contributed by atoms with van der Waals surface area (Å²) in [6.07, 6.45) is -5.41. The van der Waals surface area contributed by atoms with Crippen LogP contribution in [0.1, 0.15) is 6.92 Å². The Kier molecular flexibility index (Phi) is 4.59. The summed E-state index contributed by atoms with van der Waals surface area (Å²) in [5, 5.41) is 37.2. The van der Waals surface area contributed by atoms with E-state index in [0.717, 1.165) is 6.92 Å². The van der Waals surface area contributed by atoms with E-state index in [2.05, 4.69) is 10.3 Å². The van der Waals surface area contributed by atoms with Gasteiger partial charge in [-0.2, -0.15) is 0 Å². The van der Waals surface area contributed by atoms with Crippen molar-refractivity contribution in [3.05, 3.63) is 0 Å². The minimum Gasteiger partial charge on any atom is -0.394 e. The van der Waals surface area contributed by atoms with Crippen molar-refractivity contribution in [1.82, 2.24) is 5.48 Å². The van der Waals surface area contributed by atoms with Crippen LogP contribution in [0.25, 0.3) is 0 Å². The Bertz CT molecular complexity index is 249. The van der Waals surface area contributed by atoms with Crippen LogP contribution < -0.4 is 5.48 Å². The van der Waals surface area contributed by atoms with Gasteiger partial charge in [0.1, 0.15) is 24.4 Å². The molecule has 1 aliphatic rings. The quantitative estimate of drug-likeness (QED) is 0.326. The van der Waals surface area contributed by atoms with Crippen molar-refractivity contribution in [3.63, 3.8) is 0 Å². The highest BCUT2D eigenvalue weighted by Crippen LogP contribution is 2.19. The van der Waals surface area contributed by atoms with E-state index < -0.39 is 43.2 Å². The lowest BCUT2D eigenvalue weighted by atomic mass is 9.98. The Labute approximate surface area is 91.4 Å². The summed E-state index contributed by atoms with van der Waals surface area (Å²) >= 11 is 0. The zero-order chi connectivity index (χ0) is 12.3. The summed E-state index contributed by atoms with van der Waals surface area (Å²) in [5.41, 5.74) is 2.08. The van der Waals surface area contributed by atoms with E-state index >= 15 is 0 Å². The Balaban J connectivity index is 2.60. The smallest absolute Gasteiger partial charge is 0.321 e.